The summed E-state index contributed by atoms with van der Waals surface area (Å²) in [5, 5.41) is 13.0. The highest BCUT2D eigenvalue weighted by Crippen LogP contribution is 2.23. The van der Waals surface area contributed by atoms with Crippen LogP contribution in [0.25, 0.3) is 0 Å². The van der Waals surface area contributed by atoms with E-state index in [-0.39, 0.29) is 5.75 Å². The number of aliphatic hydroxyl groups is 1. The molecule has 1 fully saturated rings. The van der Waals surface area contributed by atoms with Gasteiger partial charge in [0.25, 0.3) is 0 Å². The summed E-state index contributed by atoms with van der Waals surface area (Å²) in [7, 11) is 0. The Labute approximate surface area is 127 Å². The van der Waals surface area contributed by atoms with Crippen molar-refractivity contribution in [1.29, 1.82) is 0 Å². The molecule has 1 aromatic carbocycles. The number of nitrogens with one attached hydrogen (secondary N) is 1. The third-order valence-electron chi connectivity index (χ3n) is 3.51. The van der Waals surface area contributed by atoms with E-state index in [9.17, 15) is 18.3 Å². The molecule has 0 spiro atoms. The number of ether oxygens (including phenoxy) is 1. The SMILES string of the molecule is OC(CNCc1cccc(OC(F)(F)F)c1)CN1CCCC1. The van der Waals surface area contributed by atoms with Gasteiger partial charge >= 0.3 is 6.36 Å². The lowest BCUT2D eigenvalue weighted by Crippen LogP contribution is -2.36. The Morgan fingerprint density at radius 3 is 2.68 bits per heavy atom. The molecule has 7 heteroatoms. The fourth-order valence-electron chi connectivity index (χ4n) is 2.56. The quantitative estimate of drug-likeness (QED) is 0.808. The lowest BCUT2D eigenvalue weighted by molar-refractivity contribution is -0.274. The first kappa shape index (κ1) is 17.1. The summed E-state index contributed by atoms with van der Waals surface area (Å²) in [6.45, 7) is 3.46. The Hall–Kier alpha value is -1.31. The van der Waals surface area contributed by atoms with Gasteiger partial charge in [0.1, 0.15) is 5.75 Å². The molecule has 1 unspecified atom stereocenters. The van der Waals surface area contributed by atoms with E-state index < -0.39 is 12.5 Å². The Kier molecular flexibility index (Phi) is 6.05. The van der Waals surface area contributed by atoms with Gasteiger partial charge in [0.2, 0.25) is 0 Å². The normalized spacial score (nSPS) is 17.6. The van der Waals surface area contributed by atoms with Crippen LogP contribution in [0.3, 0.4) is 0 Å². The zero-order chi connectivity index (χ0) is 16.0. The van der Waals surface area contributed by atoms with Crippen molar-refractivity contribution < 1.29 is 23.0 Å². The minimum Gasteiger partial charge on any atom is -0.406 e. The smallest absolute Gasteiger partial charge is 0.406 e. The molecule has 0 bridgehead atoms. The van der Waals surface area contributed by atoms with E-state index in [4.69, 9.17) is 0 Å². The van der Waals surface area contributed by atoms with Crippen LogP contribution >= 0.6 is 0 Å². The van der Waals surface area contributed by atoms with Gasteiger partial charge in [-0.05, 0) is 43.6 Å². The van der Waals surface area contributed by atoms with Crippen molar-refractivity contribution in [3.05, 3.63) is 29.8 Å². The number of β-amino-alcohol motifs (C(OH)–C–C–N with tert-alkyl or cyclic N) is 1. The molecule has 2 rings (SSSR count). The molecule has 1 aliphatic rings. The number of hydrogen-bond acceptors (Lipinski definition) is 4. The zero-order valence-corrected chi connectivity index (χ0v) is 12.3. The van der Waals surface area contributed by atoms with Crippen molar-refractivity contribution in [3.8, 4) is 5.75 Å². The van der Waals surface area contributed by atoms with Gasteiger partial charge < -0.3 is 20.1 Å². The first-order valence-corrected chi connectivity index (χ1v) is 7.38. The Bertz CT molecular complexity index is 462. The fraction of sp³-hybridized carbons (Fsp3) is 0.600. The number of alkyl halides is 3. The topological polar surface area (TPSA) is 44.7 Å². The molecule has 1 aromatic rings. The third kappa shape index (κ3) is 6.21. The highest BCUT2D eigenvalue weighted by molar-refractivity contribution is 5.28. The Morgan fingerprint density at radius 2 is 2.00 bits per heavy atom. The molecular formula is C15H21F3N2O2. The number of rotatable bonds is 7. The number of halogens is 3. The standard InChI is InChI=1S/C15H21F3N2O2/c16-15(17,18)22-14-5-3-4-12(8-14)9-19-10-13(21)11-20-6-1-2-7-20/h3-5,8,13,19,21H,1-2,6-7,9-11H2. The van der Waals surface area contributed by atoms with Crippen LogP contribution in [-0.2, 0) is 6.54 Å². The third-order valence-corrected chi connectivity index (χ3v) is 3.51. The second-order valence-corrected chi connectivity index (χ2v) is 5.49. The van der Waals surface area contributed by atoms with Gasteiger partial charge in [-0.3, -0.25) is 0 Å². The van der Waals surface area contributed by atoms with Crippen molar-refractivity contribution in [2.24, 2.45) is 0 Å². The van der Waals surface area contributed by atoms with Crippen LogP contribution in [0.5, 0.6) is 5.75 Å². The molecule has 0 saturated carbocycles. The van der Waals surface area contributed by atoms with Gasteiger partial charge in [-0.25, -0.2) is 0 Å². The van der Waals surface area contributed by atoms with Crippen LogP contribution in [0, 0.1) is 0 Å². The van der Waals surface area contributed by atoms with E-state index in [2.05, 4.69) is 15.0 Å². The summed E-state index contributed by atoms with van der Waals surface area (Å²) in [6.07, 6.45) is -2.82. The van der Waals surface area contributed by atoms with Crippen molar-refractivity contribution in [2.45, 2.75) is 31.9 Å². The molecule has 22 heavy (non-hydrogen) atoms. The number of nitrogens with zero attached hydrogens (tertiary/aromatic N) is 1. The predicted octanol–water partition coefficient (Wildman–Crippen LogP) is 2.13. The van der Waals surface area contributed by atoms with Crippen molar-refractivity contribution in [3.63, 3.8) is 0 Å². The van der Waals surface area contributed by atoms with Gasteiger partial charge in [-0.2, -0.15) is 0 Å². The molecule has 4 nitrogen and oxygen atoms in total. The Balaban J connectivity index is 1.73. The molecule has 0 amide bonds. The monoisotopic (exact) mass is 318 g/mol. The molecule has 1 heterocycles. The van der Waals surface area contributed by atoms with E-state index in [1.165, 1.54) is 31.0 Å². The molecule has 0 aromatic heterocycles. The lowest BCUT2D eigenvalue weighted by atomic mass is 10.2. The maximum Gasteiger partial charge on any atom is 0.573 e. The van der Waals surface area contributed by atoms with E-state index >= 15 is 0 Å². The minimum atomic E-state index is -4.68. The van der Waals surface area contributed by atoms with E-state index in [0.29, 0.717) is 25.2 Å². The van der Waals surface area contributed by atoms with Crippen LogP contribution < -0.4 is 10.1 Å². The largest absolute Gasteiger partial charge is 0.573 e. The first-order valence-electron chi connectivity index (χ1n) is 7.38. The maximum atomic E-state index is 12.1. The van der Waals surface area contributed by atoms with Crippen LogP contribution in [0.4, 0.5) is 13.2 Å². The second kappa shape index (κ2) is 7.80. The van der Waals surface area contributed by atoms with Crippen LogP contribution in [0.15, 0.2) is 24.3 Å². The van der Waals surface area contributed by atoms with Gasteiger partial charge in [0.15, 0.2) is 0 Å². The summed E-state index contributed by atoms with van der Waals surface area (Å²) in [5.41, 5.74) is 0.676. The Morgan fingerprint density at radius 1 is 1.27 bits per heavy atom. The average Bonchev–Trinajstić information content (AvgIpc) is 2.90. The zero-order valence-electron chi connectivity index (χ0n) is 12.3. The maximum absolute atomic E-state index is 12.1. The summed E-state index contributed by atoms with van der Waals surface area (Å²) >= 11 is 0. The van der Waals surface area contributed by atoms with Crippen LogP contribution in [0.1, 0.15) is 18.4 Å². The van der Waals surface area contributed by atoms with Crippen molar-refractivity contribution in [1.82, 2.24) is 10.2 Å². The second-order valence-electron chi connectivity index (χ2n) is 5.49. The molecule has 0 radical (unpaired) electrons. The summed E-state index contributed by atoms with van der Waals surface area (Å²) in [5.74, 6) is -0.232. The molecule has 1 aliphatic heterocycles. The van der Waals surface area contributed by atoms with Gasteiger partial charge in [0.05, 0.1) is 6.10 Å². The number of aliphatic hydroxyl groups excluding tert-OH is 1. The highest BCUT2D eigenvalue weighted by atomic mass is 19.4. The molecule has 1 saturated heterocycles. The van der Waals surface area contributed by atoms with E-state index in [1.807, 2.05) is 0 Å². The molecular weight excluding hydrogens is 297 g/mol. The van der Waals surface area contributed by atoms with Gasteiger partial charge in [-0.1, -0.05) is 12.1 Å². The van der Waals surface area contributed by atoms with E-state index in [0.717, 1.165) is 13.1 Å². The lowest BCUT2D eigenvalue weighted by Gasteiger charge is -2.19. The van der Waals surface area contributed by atoms with Crippen molar-refractivity contribution in [2.75, 3.05) is 26.2 Å². The predicted molar refractivity (Wildman–Crippen MR) is 76.5 cm³/mol. The van der Waals surface area contributed by atoms with Gasteiger partial charge in [0, 0.05) is 19.6 Å². The van der Waals surface area contributed by atoms with Crippen LogP contribution in [-0.4, -0.2) is 48.7 Å². The molecule has 0 aliphatic carbocycles. The summed E-state index contributed by atoms with van der Waals surface area (Å²) in [4.78, 5) is 2.21. The van der Waals surface area contributed by atoms with Gasteiger partial charge in [-0.15, -0.1) is 13.2 Å². The molecule has 1 atom stereocenters. The highest BCUT2D eigenvalue weighted by Gasteiger charge is 2.31. The summed E-state index contributed by atoms with van der Waals surface area (Å²) in [6, 6.07) is 5.83. The number of benzene rings is 1. The summed E-state index contributed by atoms with van der Waals surface area (Å²) < 4.78 is 40.3. The van der Waals surface area contributed by atoms with Crippen LogP contribution in [0.2, 0.25) is 0 Å². The molecule has 2 N–H and O–H groups in total. The number of hydrogen-bond donors (Lipinski definition) is 2. The number of likely N-dealkylation sites (tertiary alicyclic amines) is 1. The van der Waals surface area contributed by atoms with Crippen molar-refractivity contribution >= 4 is 0 Å². The average molecular weight is 318 g/mol. The molecule has 124 valence electrons. The van der Waals surface area contributed by atoms with E-state index in [1.54, 1.807) is 6.07 Å². The first-order chi connectivity index (χ1) is 10.4. The fourth-order valence-corrected chi connectivity index (χ4v) is 2.56. The minimum absolute atomic E-state index is 0.232.